The van der Waals surface area contributed by atoms with Crippen LogP contribution in [0.5, 0.6) is 0 Å². The van der Waals surface area contributed by atoms with Crippen molar-refractivity contribution in [3.05, 3.63) is 64.0 Å². The lowest BCUT2D eigenvalue weighted by molar-refractivity contribution is -0.137. The molecule has 7 heteroatoms. The maximum absolute atomic E-state index is 11.9. The smallest absolute Gasteiger partial charge is 0.334 e. The van der Waals surface area contributed by atoms with E-state index < -0.39 is 23.8 Å². The molecule has 1 aliphatic heterocycles. The van der Waals surface area contributed by atoms with Crippen LogP contribution in [0.15, 0.2) is 52.9 Å². The molecule has 1 heterocycles. The maximum Gasteiger partial charge on any atom is 0.334 e. The van der Waals surface area contributed by atoms with Crippen molar-refractivity contribution in [3.8, 4) is 0 Å². The van der Waals surface area contributed by atoms with E-state index in [9.17, 15) is 24.6 Å². The maximum atomic E-state index is 11.9. The first-order valence-corrected chi connectivity index (χ1v) is 8.36. The molecule has 0 bridgehead atoms. The van der Waals surface area contributed by atoms with E-state index >= 15 is 0 Å². The number of nitrogens with one attached hydrogen (secondary N) is 1. The van der Waals surface area contributed by atoms with Crippen molar-refractivity contribution in [2.75, 3.05) is 6.61 Å². The van der Waals surface area contributed by atoms with Gasteiger partial charge in [0.05, 0.1) is 23.7 Å². The minimum atomic E-state index is -1.21. The number of aliphatic carboxylic acids is 2. The summed E-state index contributed by atoms with van der Waals surface area (Å²) in [4.78, 5) is 35.4. The highest BCUT2D eigenvalue weighted by Crippen LogP contribution is 2.39. The Kier molecular flexibility index (Phi) is 6.18. The number of dihydropyridines is 1. The summed E-state index contributed by atoms with van der Waals surface area (Å²) in [7, 11) is 0. The fourth-order valence-corrected chi connectivity index (χ4v) is 3.15. The SMILES string of the molecule is CCOC(=O)C=Cc1ccccc1C1C(C(=O)O)=C(C)NC(C)=C1C(=O)O. The van der Waals surface area contributed by atoms with E-state index in [1.165, 1.54) is 12.2 Å². The standard InChI is InChI=1S/C20H21NO6/c1-4-27-15(22)10-9-13-7-5-6-8-14(13)18-16(19(23)24)11(2)21-12(3)17(18)20(25)26/h5-10,18,21H,4H2,1-3H3,(H,23,24)(H,25,26). The third-order valence-electron chi connectivity index (χ3n) is 4.21. The molecule has 0 amide bonds. The number of allylic oxidation sites excluding steroid dienone is 2. The zero-order valence-corrected chi connectivity index (χ0v) is 15.3. The molecule has 0 unspecified atom stereocenters. The van der Waals surface area contributed by atoms with Gasteiger partial charge in [-0.3, -0.25) is 0 Å². The van der Waals surface area contributed by atoms with Crippen molar-refractivity contribution in [3.63, 3.8) is 0 Å². The molecule has 0 spiro atoms. The van der Waals surface area contributed by atoms with Crippen LogP contribution in [0.2, 0.25) is 0 Å². The Morgan fingerprint density at radius 3 is 2.15 bits per heavy atom. The molecule has 27 heavy (non-hydrogen) atoms. The number of esters is 1. The molecule has 0 saturated heterocycles. The van der Waals surface area contributed by atoms with Crippen LogP contribution in [-0.2, 0) is 19.1 Å². The van der Waals surface area contributed by atoms with Crippen LogP contribution in [0.1, 0.15) is 37.8 Å². The first kappa shape index (κ1) is 20.0. The lowest BCUT2D eigenvalue weighted by atomic mass is 9.78. The van der Waals surface area contributed by atoms with Crippen LogP contribution in [0.4, 0.5) is 0 Å². The highest BCUT2D eigenvalue weighted by atomic mass is 16.5. The lowest BCUT2D eigenvalue weighted by Crippen LogP contribution is -2.31. The van der Waals surface area contributed by atoms with Gasteiger partial charge in [0.25, 0.3) is 0 Å². The summed E-state index contributed by atoms with van der Waals surface area (Å²) in [6.07, 6.45) is 2.73. The van der Waals surface area contributed by atoms with Crippen molar-refractivity contribution < 1.29 is 29.3 Å². The van der Waals surface area contributed by atoms with E-state index in [-0.39, 0.29) is 17.8 Å². The van der Waals surface area contributed by atoms with E-state index in [2.05, 4.69) is 5.32 Å². The van der Waals surface area contributed by atoms with E-state index in [0.29, 0.717) is 22.5 Å². The van der Waals surface area contributed by atoms with E-state index in [1.807, 2.05) is 0 Å². The Morgan fingerprint density at radius 1 is 1.07 bits per heavy atom. The molecule has 2 rings (SSSR count). The molecule has 7 nitrogen and oxygen atoms in total. The van der Waals surface area contributed by atoms with Crippen LogP contribution < -0.4 is 5.32 Å². The second-order valence-corrected chi connectivity index (χ2v) is 5.96. The zero-order valence-electron chi connectivity index (χ0n) is 15.3. The fourth-order valence-electron chi connectivity index (χ4n) is 3.15. The van der Waals surface area contributed by atoms with Crippen molar-refractivity contribution in [2.45, 2.75) is 26.7 Å². The quantitative estimate of drug-likeness (QED) is 0.520. The summed E-state index contributed by atoms with van der Waals surface area (Å²) in [6.45, 7) is 5.11. The summed E-state index contributed by atoms with van der Waals surface area (Å²) in [5.41, 5.74) is 1.67. The molecule has 0 saturated carbocycles. The number of carbonyl (C=O) groups excluding carboxylic acids is 1. The van der Waals surface area contributed by atoms with Crippen molar-refractivity contribution in [1.29, 1.82) is 0 Å². The van der Waals surface area contributed by atoms with Gasteiger partial charge in [-0.15, -0.1) is 0 Å². The number of benzene rings is 1. The average Bonchev–Trinajstić information content (AvgIpc) is 2.59. The summed E-state index contributed by atoms with van der Waals surface area (Å²) >= 11 is 0. The Morgan fingerprint density at radius 2 is 1.63 bits per heavy atom. The van der Waals surface area contributed by atoms with Gasteiger partial charge in [-0.2, -0.15) is 0 Å². The van der Waals surface area contributed by atoms with Crippen molar-refractivity contribution in [1.82, 2.24) is 5.32 Å². The van der Waals surface area contributed by atoms with Gasteiger partial charge in [0.1, 0.15) is 0 Å². The highest BCUT2D eigenvalue weighted by Gasteiger charge is 2.37. The van der Waals surface area contributed by atoms with Gasteiger partial charge in [0.15, 0.2) is 0 Å². The Balaban J connectivity index is 2.65. The molecule has 0 atom stereocenters. The van der Waals surface area contributed by atoms with Crippen LogP contribution in [0.25, 0.3) is 6.08 Å². The van der Waals surface area contributed by atoms with Gasteiger partial charge < -0.3 is 20.3 Å². The predicted octanol–water partition coefficient (Wildman–Crippen LogP) is 2.67. The van der Waals surface area contributed by atoms with Crippen LogP contribution >= 0.6 is 0 Å². The molecule has 0 aliphatic carbocycles. The van der Waals surface area contributed by atoms with Gasteiger partial charge in [0, 0.05) is 17.5 Å². The summed E-state index contributed by atoms with van der Waals surface area (Å²) in [5, 5.41) is 22.2. The van der Waals surface area contributed by atoms with Gasteiger partial charge in [-0.1, -0.05) is 24.3 Å². The summed E-state index contributed by atoms with van der Waals surface area (Å²) in [6, 6.07) is 6.77. The Hall–Kier alpha value is -3.35. The monoisotopic (exact) mass is 371 g/mol. The number of hydrogen-bond donors (Lipinski definition) is 3. The minimum absolute atomic E-state index is 0.0463. The largest absolute Gasteiger partial charge is 0.478 e. The number of carboxylic acid groups (broad SMARTS) is 2. The average molecular weight is 371 g/mol. The highest BCUT2D eigenvalue weighted by molar-refractivity contribution is 5.99. The number of carbonyl (C=O) groups is 3. The topological polar surface area (TPSA) is 113 Å². The third kappa shape index (κ3) is 4.25. The second kappa shape index (κ2) is 8.35. The van der Waals surface area contributed by atoms with E-state index in [0.717, 1.165) is 0 Å². The molecule has 142 valence electrons. The molecule has 1 aromatic carbocycles. The molecule has 1 aliphatic rings. The third-order valence-corrected chi connectivity index (χ3v) is 4.21. The number of ether oxygens (including phenoxy) is 1. The van der Waals surface area contributed by atoms with Gasteiger partial charge >= 0.3 is 17.9 Å². The second-order valence-electron chi connectivity index (χ2n) is 5.96. The molecule has 0 aromatic heterocycles. The van der Waals surface area contributed by atoms with Crippen molar-refractivity contribution in [2.24, 2.45) is 0 Å². The van der Waals surface area contributed by atoms with Crippen LogP contribution in [-0.4, -0.2) is 34.7 Å². The van der Waals surface area contributed by atoms with Crippen LogP contribution in [0, 0.1) is 0 Å². The molecule has 0 fully saturated rings. The molecular formula is C20H21NO6. The first-order valence-electron chi connectivity index (χ1n) is 8.36. The molecule has 1 aromatic rings. The predicted molar refractivity (Wildman–Crippen MR) is 98.7 cm³/mol. The zero-order chi connectivity index (χ0) is 20.1. The summed E-state index contributed by atoms with van der Waals surface area (Å²) in [5.74, 6) is -3.93. The molecular weight excluding hydrogens is 350 g/mol. The van der Waals surface area contributed by atoms with Gasteiger partial charge in [0.2, 0.25) is 0 Å². The minimum Gasteiger partial charge on any atom is -0.478 e. The summed E-state index contributed by atoms with van der Waals surface area (Å²) < 4.78 is 4.86. The first-order chi connectivity index (χ1) is 12.8. The molecule has 3 N–H and O–H groups in total. The Bertz CT molecular complexity index is 842. The van der Waals surface area contributed by atoms with E-state index in [1.54, 1.807) is 45.0 Å². The molecule has 0 radical (unpaired) electrons. The normalized spacial score (nSPS) is 15.1. The van der Waals surface area contributed by atoms with Gasteiger partial charge in [-0.25, -0.2) is 14.4 Å². The lowest BCUT2D eigenvalue weighted by Gasteiger charge is -2.29. The number of rotatable bonds is 6. The van der Waals surface area contributed by atoms with Crippen LogP contribution in [0.3, 0.4) is 0 Å². The van der Waals surface area contributed by atoms with Crippen molar-refractivity contribution >= 4 is 24.0 Å². The van der Waals surface area contributed by atoms with E-state index in [4.69, 9.17) is 4.74 Å². The van der Waals surface area contributed by atoms with Gasteiger partial charge in [-0.05, 0) is 38.0 Å². The number of carboxylic acids is 2. The fraction of sp³-hybridized carbons (Fsp3) is 0.250. The number of hydrogen-bond acceptors (Lipinski definition) is 5. The Labute approximate surface area is 156 Å².